The van der Waals surface area contributed by atoms with Crippen molar-refractivity contribution in [2.75, 3.05) is 19.3 Å². The molecule has 0 rings (SSSR count). The lowest BCUT2D eigenvalue weighted by molar-refractivity contribution is 0.278. The van der Waals surface area contributed by atoms with Gasteiger partial charge in [0.1, 0.15) is 0 Å². The van der Waals surface area contributed by atoms with Gasteiger partial charge in [0, 0.05) is 19.0 Å². The summed E-state index contributed by atoms with van der Waals surface area (Å²) in [6.45, 7) is 5.91. The van der Waals surface area contributed by atoms with Crippen LogP contribution in [-0.4, -0.2) is 48.9 Å². The Morgan fingerprint density at radius 2 is 1.88 bits per heavy atom. The van der Waals surface area contributed by atoms with Crippen LogP contribution in [0.1, 0.15) is 27.2 Å². The largest absolute Gasteiger partial charge is 0.393 e. The smallest absolute Gasteiger partial charge is 0.153 e. The van der Waals surface area contributed by atoms with Gasteiger partial charge in [-0.2, -0.15) is 0 Å². The molecule has 0 fully saturated rings. The summed E-state index contributed by atoms with van der Waals surface area (Å²) < 4.78 is 23.2. The summed E-state index contributed by atoms with van der Waals surface area (Å²) in [6, 6.07) is 0.180. The third kappa shape index (κ3) is 5.77. The molecule has 0 aliphatic rings. The molecule has 0 saturated carbocycles. The van der Waals surface area contributed by atoms with Gasteiger partial charge in [0.05, 0.1) is 16.0 Å². The molecule has 96 valence electrons. The molecule has 1 atom stereocenters. The highest BCUT2D eigenvalue weighted by Gasteiger charge is 2.18. The molecule has 0 aliphatic heterocycles. The summed E-state index contributed by atoms with van der Waals surface area (Å²) in [5.74, 6) is 0.183. The van der Waals surface area contributed by atoms with Crippen molar-refractivity contribution < 1.29 is 8.42 Å². The summed E-state index contributed by atoms with van der Waals surface area (Å²) in [5.41, 5.74) is 5.45. The number of hydrogen-bond acceptors (Lipinski definition) is 4. The predicted molar refractivity (Wildman–Crippen MR) is 72.4 cm³/mol. The zero-order chi connectivity index (χ0) is 12.9. The van der Waals surface area contributed by atoms with Crippen LogP contribution in [0.15, 0.2) is 0 Å². The van der Waals surface area contributed by atoms with Gasteiger partial charge < -0.3 is 10.6 Å². The van der Waals surface area contributed by atoms with E-state index in [0.29, 0.717) is 18.0 Å². The lowest BCUT2D eigenvalue weighted by Gasteiger charge is -2.24. The fourth-order valence-corrected chi connectivity index (χ4v) is 2.43. The standard InChI is InChI=1S/C10H22N2O2S2/c1-8(2)16(13,14)6-5-12(4)9(3)7-10(11)15/h8-9H,5-7H2,1-4H3,(H2,11,15). The van der Waals surface area contributed by atoms with Gasteiger partial charge in [-0.3, -0.25) is 0 Å². The van der Waals surface area contributed by atoms with Crippen molar-refractivity contribution >= 4 is 27.0 Å². The zero-order valence-corrected chi connectivity index (χ0v) is 12.1. The average Bonchev–Trinajstić information content (AvgIpc) is 2.12. The molecule has 16 heavy (non-hydrogen) atoms. The Morgan fingerprint density at radius 1 is 1.38 bits per heavy atom. The van der Waals surface area contributed by atoms with Gasteiger partial charge in [-0.05, 0) is 27.8 Å². The van der Waals surface area contributed by atoms with Crippen LogP contribution in [0.3, 0.4) is 0 Å². The Kier molecular flexibility index (Phi) is 6.43. The molecule has 0 amide bonds. The van der Waals surface area contributed by atoms with Crippen molar-refractivity contribution in [3.63, 3.8) is 0 Å². The Hall–Kier alpha value is -0.200. The predicted octanol–water partition coefficient (Wildman–Crippen LogP) is 0.806. The van der Waals surface area contributed by atoms with Crippen molar-refractivity contribution in [1.82, 2.24) is 4.90 Å². The molecule has 4 nitrogen and oxygen atoms in total. The lowest BCUT2D eigenvalue weighted by Crippen LogP contribution is -2.36. The first-order chi connectivity index (χ1) is 7.16. The molecule has 0 saturated heterocycles. The molecular formula is C10H22N2O2S2. The molecule has 0 spiro atoms. The second kappa shape index (κ2) is 6.51. The number of hydrogen-bond donors (Lipinski definition) is 1. The van der Waals surface area contributed by atoms with Crippen molar-refractivity contribution in [1.29, 1.82) is 0 Å². The molecule has 1 unspecified atom stereocenters. The van der Waals surface area contributed by atoms with Crippen molar-refractivity contribution in [3.05, 3.63) is 0 Å². The van der Waals surface area contributed by atoms with E-state index in [1.807, 2.05) is 18.9 Å². The topological polar surface area (TPSA) is 63.4 Å². The first-order valence-electron chi connectivity index (χ1n) is 5.37. The van der Waals surface area contributed by atoms with Gasteiger partial charge in [-0.1, -0.05) is 12.2 Å². The number of rotatable bonds is 7. The van der Waals surface area contributed by atoms with Gasteiger partial charge in [0.2, 0.25) is 0 Å². The van der Waals surface area contributed by atoms with Gasteiger partial charge >= 0.3 is 0 Å². The first kappa shape index (κ1) is 15.8. The van der Waals surface area contributed by atoms with E-state index >= 15 is 0 Å². The lowest BCUT2D eigenvalue weighted by atomic mass is 10.2. The minimum Gasteiger partial charge on any atom is -0.393 e. The quantitative estimate of drug-likeness (QED) is 0.691. The van der Waals surface area contributed by atoms with Crippen LogP contribution in [0.25, 0.3) is 0 Å². The maximum Gasteiger partial charge on any atom is 0.153 e. The van der Waals surface area contributed by atoms with Gasteiger partial charge in [-0.25, -0.2) is 8.42 Å². The number of sulfone groups is 1. The van der Waals surface area contributed by atoms with Crippen molar-refractivity contribution in [2.24, 2.45) is 5.73 Å². The van der Waals surface area contributed by atoms with Crippen LogP contribution in [-0.2, 0) is 9.84 Å². The summed E-state index contributed by atoms with van der Waals surface area (Å²) in [4.78, 5) is 2.44. The normalized spacial score (nSPS) is 14.4. The Morgan fingerprint density at radius 3 is 2.25 bits per heavy atom. The second-order valence-corrected chi connectivity index (χ2v) is 7.62. The molecular weight excluding hydrogens is 244 g/mol. The van der Waals surface area contributed by atoms with E-state index in [-0.39, 0.29) is 17.0 Å². The maximum absolute atomic E-state index is 11.6. The van der Waals surface area contributed by atoms with Crippen molar-refractivity contribution in [2.45, 2.75) is 38.5 Å². The van der Waals surface area contributed by atoms with Gasteiger partial charge in [0.25, 0.3) is 0 Å². The summed E-state index contributed by atoms with van der Waals surface area (Å²) in [5, 5.41) is -0.313. The van der Waals surface area contributed by atoms with Gasteiger partial charge in [-0.15, -0.1) is 0 Å². The summed E-state index contributed by atoms with van der Waals surface area (Å²) >= 11 is 4.82. The third-order valence-electron chi connectivity index (χ3n) is 2.70. The van der Waals surface area contributed by atoms with E-state index in [1.54, 1.807) is 13.8 Å². The minimum absolute atomic E-state index is 0.180. The molecule has 0 radical (unpaired) electrons. The zero-order valence-electron chi connectivity index (χ0n) is 10.4. The molecule has 6 heteroatoms. The van der Waals surface area contributed by atoms with Crippen molar-refractivity contribution in [3.8, 4) is 0 Å². The third-order valence-corrected chi connectivity index (χ3v) is 5.05. The molecule has 0 aromatic rings. The van der Waals surface area contributed by atoms with E-state index in [1.165, 1.54) is 0 Å². The van der Waals surface area contributed by atoms with Crippen LogP contribution in [0.5, 0.6) is 0 Å². The van der Waals surface area contributed by atoms with Crippen LogP contribution in [0.4, 0.5) is 0 Å². The van der Waals surface area contributed by atoms with E-state index in [0.717, 1.165) is 0 Å². The number of thiocarbonyl (C=S) groups is 1. The van der Waals surface area contributed by atoms with Crippen LogP contribution < -0.4 is 5.73 Å². The Bertz CT molecular complexity index is 326. The highest BCUT2D eigenvalue weighted by Crippen LogP contribution is 2.05. The minimum atomic E-state index is -2.96. The van der Waals surface area contributed by atoms with Gasteiger partial charge in [0.15, 0.2) is 9.84 Å². The molecule has 0 aromatic carbocycles. The number of nitrogens with zero attached hydrogens (tertiary/aromatic N) is 1. The summed E-state index contributed by atoms with van der Waals surface area (Å²) in [6.07, 6.45) is 0.619. The van der Waals surface area contributed by atoms with E-state index in [4.69, 9.17) is 18.0 Å². The maximum atomic E-state index is 11.6. The monoisotopic (exact) mass is 266 g/mol. The highest BCUT2D eigenvalue weighted by molar-refractivity contribution is 7.92. The first-order valence-corrected chi connectivity index (χ1v) is 7.49. The van der Waals surface area contributed by atoms with E-state index in [9.17, 15) is 8.42 Å². The van der Waals surface area contributed by atoms with E-state index in [2.05, 4.69) is 0 Å². The fourth-order valence-electron chi connectivity index (χ4n) is 1.17. The molecule has 0 aliphatic carbocycles. The second-order valence-electron chi connectivity index (χ2n) is 4.42. The molecule has 0 aromatic heterocycles. The van der Waals surface area contributed by atoms with Crippen LogP contribution in [0, 0.1) is 0 Å². The number of nitrogens with two attached hydrogens (primary N) is 1. The fraction of sp³-hybridized carbons (Fsp3) is 0.900. The molecule has 0 heterocycles. The highest BCUT2D eigenvalue weighted by atomic mass is 32.2. The molecule has 0 bridgehead atoms. The van der Waals surface area contributed by atoms with Crippen LogP contribution >= 0.6 is 12.2 Å². The Balaban J connectivity index is 4.17. The van der Waals surface area contributed by atoms with Crippen LogP contribution in [0.2, 0.25) is 0 Å². The molecule has 2 N–H and O–H groups in total. The average molecular weight is 266 g/mol. The Labute approximate surface area is 104 Å². The summed E-state index contributed by atoms with van der Waals surface area (Å²) in [7, 11) is -1.07. The van der Waals surface area contributed by atoms with E-state index < -0.39 is 9.84 Å². The SMILES string of the molecule is CC(CC(N)=S)N(C)CCS(=O)(=O)C(C)C.